The number of hydrogen-bond acceptors (Lipinski definition) is 5. The third-order valence-corrected chi connectivity index (χ3v) is 5.18. The van der Waals surface area contributed by atoms with Gasteiger partial charge in [-0.25, -0.2) is 0 Å². The molecule has 1 fully saturated rings. The van der Waals surface area contributed by atoms with Crippen molar-refractivity contribution in [1.82, 2.24) is 0 Å². The summed E-state index contributed by atoms with van der Waals surface area (Å²) in [5.74, 6) is 0.409. The number of carbonyl (C=O) groups excluding carboxylic acids is 1. The molecule has 0 bridgehead atoms. The van der Waals surface area contributed by atoms with Gasteiger partial charge in [0.25, 0.3) is 0 Å². The average molecular weight is 382 g/mol. The summed E-state index contributed by atoms with van der Waals surface area (Å²) in [6.45, 7) is 1.94. The van der Waals surface area contributed by atoms with Crippen LogP contribution < -0.4 is 20.1 Å². The van der Waals surface area contributed by atoms with Crippen molar-refractivity contribution in [2.75, 3.05) is 16.8 Å². The molecular weight excluding hydrogens is 363 g/mol. The van der Waals surface area contributed by atoms with Crippen molar-refractivity contribution < 1.29 is 27.8 Å². The number of ether oxygens (including phenoxy) is 1. The minimum Gasteiger partial charge on any atom is -0.530 e. The highest BCUT2D eigenvalue weighted by Crippen LogP contribution is 2.50. The Kier molecular flexibility index (Phi) is 4.41. The number of carbonyl (C=O) groups is 1. The van der Waals surface area contributed by atoms with Gasteiger partial charge >= 0.3 is 6.18 Å². The van der Waals surface area contributed by atoms with E-state index in [2.05, 4.69) is 11.4 Å². The van der Waals surface area contributed by atoms with Gasteiger partial charge in [0.1, 0.15) is 23.5 Å². The first-order chi connectivity index (χ1) is 12.5. The van der Waals surface area contributed by atoms with Gasteiger partial charge in [-0.3, -0.25) is 0 Å². The van der Waals surface area contributed by atoms with Gasteiger partial charge in [-0.05, 0) is 44.9 Å². The number of rotatable bonds is 4. The molecule has 1 aliphatic heterocycles. The molecule has 1 saturated carbocycles. The number of amides is 1. The zero-order valence-corrected chi connectivity index (χ0v) is 14.9. The van der Waals surface area contributed by atoms with E-state index in [1.165, 1.54) is 18.2 Å². The van der Waals surface area contributed by atoms with E-state index in [1.807, 2.05) is 0 Å². The molecule has 0 aromatic heterocycles. The first-order valence-electron chi connectivity index (χ1n) is 8.53. The molecule has 0 spiro atoms. The van der Waals surface area contributed by atoms with Gasteiger partial charge < -0.3 is 24.9 Å². The Morgan fingerprint density at radius 2 is 2.11 bits per heavy atom. The lowest BCUT2D eigenvalue weighted by Gasteiger charge is -2.42. The maximum atomic E-state index is 13.3. The van der Waals surface area contributed by atoms with E-state index in [-0.39, 0.29) is 22.1 Å². The highest BCUT2D eigenvalue weighted by atomic mass is 19.4. The lowest BCUT2D eigenvalue weighted by Crippen LogP contribution is -2.60. The molecule has 0 unspecified atom stereocenters. The number of anilines is 2. The smallest absolute Gasteiger partial charge is 0.411 e. The number of alkyl halides is 3. The van der Waals surface area contributed by atoms with Gasteiger partial charge in [-0.2, -0.15) is 18.4 Å². The number of nitrogens with zero attached hydrogens (tertiary/aromatic N) is 2. The standard InChI is InChI=1S/C18H20F3N3O3/c1-16(2,18(19,20)21)24(15(25)26)11-3-4-14-13(7-11)23-9-12(27-14)8-17(10-22)5-6-17/h3-4,7,12,23H,5-6,8-9H2,1-2H3,(H,25,26)/p-1/t12-/m1/s1. The molecule has 1 atom stereocenters. The topological polar surface area (TPSA) is 88.4 Å². The summed E-state index contributed by atoms with van der Waals surface area (Å²) in [7, 11) is 0. The van der Waals surface area contributed by atoms with Crippen LogP contribution in [0.1, 0.15) is 33.1 Å². The Bertz CT molecular complexity index is 797. The molecule has 0 saturated heterocycles. The van der Waals surface area contributed by atoms with E-state index in [0.717, 1.165) is 26.7 Å². The number of benzene rings is 1. The number of carboxylic acid groups (broad SMARTS) is 1. The van der Waals surface area contributed by atoms with Crippen molar-refractivity contribution in [3.8, 4) is 11.8 Å². The molecule has 2 aliphatic rings. The van der Waals surface area contributed by atoms with E-state index in [4.69, 9.17) is 4.74 Å². The van der Waals surface area contributed by atoms with Crippen LogP contribution in [0.3, 0.4) is 0 Å². The monoisotopic (exact) mass is 382 g/mol. The Labute approximate surface area is 154 Å². The van der Waals surface area contributed by atoms with E-state index in [1.54, 1.807) is 0 Å². The maximum absolute atomic E-state index is 13.3. The molecule has 3 rings (SSSR count). The number of hydrogen-bond donors (Lipinski definition) is 1. The van der Waals surface area contributed by atoms with E-state index in [9.17, 15) is 28.3 Å². The van der Waals surface area contributed by atoms with Crippen LogP contribution >= 0.6 is 0 Å². The fraction of sp³-hybridized carbons (Fsp3) is 0.556. The first-order valence-corrected chi connectivity index (χ1v) is 8.53. The largest absolute Gasteiger partial charge is 0.530 e. The molecule has 27 heavy (non-hydrogen) atoms. The average Bonchev–Trinajstić information content (AvgIpc) is 3.33. The lowest BCUT2D eigenvalue weighted by atomic mass is 9.99. The molecule has 6 nitrogen and oxygen atoms in total. The third-order valence-electron chi connectivity index (χ3n) is 5.18. The Balaban J connectivity index is 1.84. The Morgan fingerprint density at radius 1 is 1.44 bits per heavy atom. The SMILES string of the molecule is CC(C)(N(C(=O)[O-])c1ccc2c(c1)NC[C@@H](CC1(C#N)CC1)O2)C(F)(F)F. The quantitative estimate of drug-likeness (QED) is 0.865. The molecular formula is C18H19F3N3O3-. The van der Waals surface area contributed by atoms with Gasteiger partial charge in [-0.15, -0.1) is 0 Å². The van der Waals surface area contributed by atoms with Crippen molar-refractivity contribution in [1.29, 1.82) is 5.26 Å². The summed E-state index contributed by atoms with van der Waals surface area (Å²) in [6.07, 6.45) is -4.71. The second-order valence-electron chi connectivity index (χ2n) is 7.56. The predicted molar refractivity (Wildman–Crippen MR) is 89.3 cm³/mol. The van der Waals surface area contributed by atoms with Gasteiger partial charge in [0.05, 0.1) is 23.7 Å². The number of fused-ring (bicyclic) bond motifs is 1. The molecule has 1 aromatic carbocycles. The molecule has 1 aliphatic carbocycles. The highest BCUT2D eigenvalue weighted by molar-refractivity contribution is 5.88. The van der Waals surface area contributed by atoms with E-state index in [0.29, 0.717) is 24.4 Å². The summed E-state index contributed by atoms with van der Waals surface area (Å²) >= 11 is 0. The van der Waals surface area contributed by atoms with Crippen LogP contribution in [0.5, 0.6) is 5.75 Å². The van der Waals surface area contributed by atoms with Crippen molar-refractivity contribution in [2.45, 2.75) is 50.9 Å². The minimum absolute atomic E-state index is 0.165. The zero-order chi connectivity index (χ0) is 20.0. The summed E-state index contributed by atoms with van der Waals surface area (Å²) in [6, 6.07) is 6.28. The van der Waals surface area contributed by atoms with Crippen molar-refractivity contribution >= 4 is 17.5 Å². The maximum Gasteiger partial charge on any atom is 0.411 e. The fourth-order valence-electron chi connectivity index (χ4n) is 3.19. The molecule has 0 radical (unpaired) electrons. The van der Waals surface area contributed by atoms with Crippen LogP contribution in [0.15, 0.2) is 18.2 Å². The van der Waals surface area contributed by atoms with Crippen LogP contribution in [0.2, 0.25) is 0 Å². The first kappa shape index (κ1) is 19.1. The van der Waals surface area contributed by atoms with Crippen LogP contribution in [-0.2, 0) is 0 Å². The molecule has 146 valence electrons. The molecule has 1 N–H and O–H groups in total. The van der Waals surface area contributed by atoms with E-state index < -0.39 is 17.8 Å². The zero-order valence-electron chi connectivity index (χ0n) is 14.9. The number of halogens is 3. The minimum atomic E-state index is -4.78. The normalized spacial score (nSPS) is 20.5. The van der Waals surface area contributed by atoms with Crippen LogP contribution in [0.4, 0.5) is 29.3 Å². The highest BCUT2D eigenvalue weighted by Gasteiger charge is 2.52. The second kappa shape index (κ2) is 6.22. The van der Waals surface area contributed by atoms with Gasteiger partial charge in [0.15, 0.2) is 0 Å². The van der Waals surface area contributed by atoms with Crippen molar-refractivity contribution in [3.63, 3.8) is 0 Å². The summed E-state index contributed by atoms with van der Waals surface area (Å²) in [5, 5.41) is 23.7. The fourth-order valence-corrected chi connectivity index (χ4v) is 3.19. The molecule has 1 aromatic rings. The van der Waals surface area contributed by atoms with Crippen LogP contribution in [0, 0.1) is 16.7 Å². The van der Waals surface area contributed by atoms with Crippen LogP contribution in [0.25, 0.3) is 0 Å². The summed E-state index contributed by atoms with van der Waals surface area (Å²) in [4.78, 5) is 11.6. The second-order valence-corrected chi connectivity index (χ2v) is 7.56. The molecule has 1 heterocycles. The molecule has 1 amide bonds. The lowest BCUT2D eigenvalue weighted by molar-refractivity contribution is -0.254. The van der Waals surface area contributed by atoms with Crippen LogP contribution in [-0.4, -0.2) is 30.5 Å². The molecule has 9 heteroatoms. The third kappa shape index (κ3) is 3.48. The summed E-state index contributed by atoms with van der Waals surface area (Å²) < 4.78 is 45.8. The predicted octanol–water partition coefficient (Wildman–Crippen LogP) is 3.04. The van der Waals surface area contributed by atoms with E-state index >= 15 is 0 Å². The summed E-state index contributed by atoms with van der Waals surface area (Å²) in [5.41, 5.74) is -2.77. The number of nitrogens with one attached hydrogen (secondary N) is 1. The van der Waals surface area contributed by atoms with Crippen molar-refractivity contribution in [2.24, 2.45) is 5.41 Å². The Hall–Kier alpha value is -2.63. The van der Waals surface area contributed by atoms with Gasteiger partial charge in [0, 0.05) is 12.1 Å². The number of nitriles is 1. The van der Waals surface area contributed by atoms with Crippen molar-refractivity contribution in [3.05, 3.63) is 18.2 Å². The van der Waals surface area contributed by atoms with Gasteiger partial charge in [0.2, 0.25) is 0 Å². The Morgan fingerprint density at radius 3 is 2.63 bits per heavy atom. The van der Waals surface area contributed by atoms with Gasteiger partial charge in [-0.1, -0.05) is 0 Å².